The lowest BCUT2D eigenvalue weighted by atomic mass is 9.69. The summed E-state index contributed by atoms with van der Waals surface area (Å²) in [7, 11) is 0. The number of carbonyl (C=O) groups excluding carboxylic acids is 1. The zero-order valence-corrected chi connectivity index (χ0v) is 24.9. The molecule has 3 aromatic rings. The summed E-state index contributed by atoms with van der Waals surface area (Å²) in [5, 5.41) is 0. The molecule has 0 fully saturated rings. The Labute approximate surface area is 240 Å². The van der Waals surface area contributed by atoms with E-state index in [-0.39, 0.29) is 17.6 Å². The van der Waals surface area contributed by atoms with Crippen LogP contribution in [0.3, 0.4) is 0 Å². The van der Waals surface area contributed by atoms with Crippen molar-refractivity contribution in [1.82, 2.24) is 4.90 Å². The molecule has 4 heteroatoms. The van der Waals surface area contributed by atoms with Crippen LogP contribution in [0, 0.1) is 0 Å². The van der Waals surface area contributed by atoms with Gasteiger partial charge in [-0.25, -0.2) is 4.79 Å². The third-order valence-corrected chi connectivity index (χ3v) is 7.73. The monoisotopic (exact) mass is 537 g/mol. The van der Waals surface area contributed by atoms with Crippen molar-refractivity contribution < 1.29 is 14.3 Å². The van der Waals surface area contributed by atoms with Gasteiger partial charge in [-0.3, -0.25) is 0 Å². The van der Waals surface area contributed by atoms with E-state index in [9.17, 15) is 4.79 Å². The zero-order chi connectivity index (χ0) is 28.5. The molecule has 0 aromatic heterocycles. The molecule has 1 aliphatic carbocycles. The fourth-order valence-corrected chi connectivity index (χ4v) is 6.01. The Morgan fingerprint density at radius 2 is 1.55 bits per heavy atom. The molecule has 0 radical (unpaired) electrons. The number of fused-ring (bicyclic) bond motifs is 1. The van der Waals surface area contributed by atoms with Gasteiger partial charge in [0, 0.05) is 19.0 Å². The summed E-state index contributed by atoms with van der Waals surface area (Å²) in [5.41, 5.74) is 7.35. The van der Waals surface area contributed by atoms with Gasteiger partial charge in [-0.1, -0.05) is 66.7 Å². The minimum Gasteiger partial charge on any atom is -0.488 e. The van der Waals surface area contributed by atoms with Gasteiger partial charge in [-0.2, -0.15) is 0 Å². The van der Waals surface area contributed by atoms with Crippen LogP contribution in [0.4, 0.5) is 4.79 Å². The lowest BCUT2D eigenvalue weighted by Crippen LogP contribution is -2.39. The second kappa shape index (κ2) is 11.2. The van der Waals surface area contributed by atoms with E-state index in [2.05, 4.69) is 99.6 Å². The smallest absolute Gasteiger partial charge is 0.410 e. The molecule has 210 valence electrons. The van der Waals surface area contributed by atoms with Gasteiger partial charge in [0.15, 0.2) is 0 Å². The predicted octanol–water partition coefficient (Wildman–Crippen LogP) is 8.75. The minimum atomic E-state index is -0.479. The average molecular weight is 538 g/mol. The van der Waals surface area contributed by atoms with E-state index in [1.54, 1.807) is 4.90 Å². The highest BCUT2D eigenvalue weighted by atomic mass is 16.6. The van der Waals surface area contributed by atoms with Crippen molar-refractivity contribution in [2.24, 2.45) is 0 Å². The molecule has 0 bridgehead atoms. The van der Waals surface area contributed by atoms with Crippen LogP contribution >= 0.6 is 0 Å². The van der Waals surface area contributed by atoms with Crippen molar-refractivity contribution in [2.75, 3.05) is 13.1 Å². The Kier molecular flexibility index (Phi) is 7.81. The number of nitrogens with zero attached hydrogens (tertiary/aromatic N) is 1. The van der Waals surface area contributed by atoms with Crippen molar-refractivity contribution in [3.63, 3.8) is 0 Å². The Morgan fingerprint density at radius 1 is 0.825 bits per heavy atom. The lowest BCUT2D eigenvalue weighted by Gasteiger charge is -2.35. The topological polar surface area (TPSA) is 38.8 Å². The van der Waals surface area contributed by atoms with Crippen molar-refractivity contribution >= 4 is 11.7 Å². The maximum atomic E-state index is 12.5. The molecular weight excluding hydrogens is 494 g/mol. The van der Waals surface area contributed by atoms with Crippen molar-refractivity contribution in [2.45, 2.75) is 83.8 Å². The first-order chi connectivity index (χ1) is 19.0. The summed E-state index contributed by atoms with van der Waals surface area (Å²) >= 11 is 0. The van der Waals surface area contributed by atoms with Gasteiger partial charge >= 0.3 is 6.09 Å². The van der Waals surface area contributed by atoms with Gasteiger partial charge in [0.1, 0.15) is 17.0 Å². The molecule has 1 aliphatic heterocycles. The van der Waals surface area contributed by atoms with Crippen molar-refractivity contribution in [3.05, 3.63) is 107 Å². The van der Waals surface area contributed by atoms with Crippen LogP contribution in [0.2, 0.25) is 0 Å². The van der Waals surface area contributed by atoms with E-state index in [1.165, 1.54) is 33.4 Å². The molecule has 5 rings (SSSR count). The highest BCUT2D eigenvalue weighted by Gasteiger charge is 2.32. The number of benzene rings is 3. The number of ether oxygens (including phenoxy) is 2. The third-order valence-electron chi connectivity index (χ3n) is 7.73. The number of carbonyl (C=O) groups is 1. The second-order valence-electron chi connectivity index (χ2n) is 13.1. The van der Waals surface area contributed by atoms with Gasteiger partial charge in [-0.05, 0) is 112 Å². The van der Waals surface area contributed by atoms with Crippen LogP contribution in [0.15, 0.2) is 78.9 Å². The number of rotatable bonds is 4. The number of amides is 1. The Hall–Kier alpha value is -3.53. The molecule has 0 spiro atoms. The Morgan fingerprint density at radius 3 is 2.17 bits per heavy atom. The predicted molar refractivity (Wildman–Crippen MR) is 163 cm³/mol. The van der Waals surface area contributed by atoms with Gasteiger partial charge in [-0.15, -0.1) is 0 Å². The first kappa shape index (κ1) is 28.0. The first-order valence-electron chi connectivity index (χ1n) is 14.6. The van der Waals surface area contributed by atoms with Crippen LogP contribution in [0.1, 0.15) is 94.0 Å². The van der Waals surface area contributed by atoms with E-state index in [0.717, 1.165) is 25.0 Å². The van der Waals surface area contributed by atoms with E-state index >= 15 is 0 Å². The second-order valence-corrected chi connectivity index (χ2v) is 13.1. The summed E-state index contributed by atoms with van der Waals surface area (Å²) in [6, 6.07) is 26.8. The van der Waals surface area contributed by atoms with Gasteiger partial charge < -0.3 is 14.4 Å². The fourth-order valence-electron chi connectivity index (χ4n) is 6.01. The van der Waals surface area contributed by atoms with Crippen molar-refractivity contribution in [3.8, 4) is 5.75 Å². The normalized spacial score (nSPS) is 19.4. The van der Waals surface area contributed by atoms with E-state index < -0.39 is 5.60 Å². The first-order valence-corrected chi connectivity index (χ1v) is 14.6. The lowest BCUT2D eigenvalue weighted by molar-refractivity contribution is 0.0270. The zero-order valence-electron chi connectivity index (χ0n) is 24.9. The van der Waals surface area contributed by atoms with Gasteiger partial charge in [0.25, 0.3) is 0 Å². The SMILES string of the molecule is CC(C)(C)OC(=O)N1CC=C(c2ccc([C@@H]3c4ccc(OC(C)(C)C)cc4CC[C@@H]3c3ccccc3)cc2)CC1. The fraction of sp³-hybridized carbons (Fsp3) is 0.417. The molecule has 1 amide bonds. The Balaban J connectivity index is 1.41. The molecule has 0 saturated carbocycles. The van der Waals surface area contributed by atoms with E-state index in [4.69, 9.17) is 9.47 Å². The maximum Gasteiger partial charge on any atom is 0.410 e. The summed E-state index contributed by atoms with van der Waals surface area (Å²) in [4.78, 5) is 14.3. The number of hydrogen-bond donors (Lipinski definition) is 0. The van der Waals surface area contributed by atoms with Crippen LogP contribution in [-0.2, 0) is 11.2 Å². The number of hydrogen-bond acceptors (Lipinski definition) is 3. The highest BCUT2D eigenvalue weighted by molar-refractivity contribution is 5.73. The van der Waals surface area contributed by atoms with Crippen LogP contribution in [0.25, 0.3) is 5.57 Å². The molecule has 4 nitrogen and oxygen atoms in total. The molecule has 0 saturated heterocycles. The van der Waals surface area contributed by atoms with E-state index in [0.29, 0.717) is 19.0 Å². The quantitative estimate of drug-likeness (QED) is 0.334. The third kappa shape index (κ3) is 6.60. The molecule has 2 atom stereocenters. The summed E-state index contributed by atoms with van der Waals surface area (Å²) < 4.78 is 11.8. The van der Waals surface area contributed by atoms with Gasteiger partial charge in [0.2, 0.25) is 0 Å². The van der Waals surface area contributed by atoms with Gasteiger partial charge in [0.05, 0.1) is 0 Å². The summed E-state index contributed by atoms with van der Waals surface area (Å²) in [6.07, 6.45) is 4.91. The standard InChI is InChI=1S/C36H43NO3/c1-35(2,3)39-30-17-19-32-29(24-30)16-18-31(27-10-8-7-9-11-27)33(32)28-14-12-25(13-15-28)26-20-22-37(23-21-26)34(38)40-36(4,5)6/h7-15,17,19-20,24,31,33H,16,18,21-23H2,1-6H3/t31-,33+/m1/s1. The van der Waals surface area contributed by atoms with E-state index in [1.807, 2.05) is 20.8 Å². The van der Waals surface area contributed by atoms with Crippen LogP contribution < -0.4 is 4.74 Å². The molecule has 1 heterocycles. The summed E-state index contributed by atoms with van der Waals surface area (Å²) in [5.74, 6) is 1.65. The maximum absolute atomic E-state index is 12.5. The molecule has 3 aromatic carbocycles. The molecule has 0 N–H and O–H groups in total. The minimum absolute atomic E-state index is 0.220. The molecule has 2 aliphatic rings. The average Bonchev–Trinajstić information content (AvgIpc) is 2.91. The molecular formula is C36H43NO3. The number of aryl methyl sites for hydroxylation is 1. The van der Waals surface area contributed by atoms with Crippen molar-refractivity contribution in [1.29, 1.82) is 0 Å². The molecule has 40 heavy (non-hydrogen) atoms. The summed E-state index contributed by atoms with van der Waals surface area (Å²) in [6.45, 7) is 13.3. The molecule has 0 unspecified atom stereocenters. The Bertz CT molecular complexity index is 1360. The van der Waals surface area contributed by atoms with Crippen LogP contribution in [0.5, 0.6) is 5.75 Å². The highest BCUT2D eigenvalue weighted by Crippen LogP contribution is 2.47. The van der Waals surface area contributed by atoms with Crippen LogP contribution in [-0.4, -0.2) is 35.3 Å². The largest absolute Gasteiger partial charge is 0.488 e.